The lowest BCUT2D eigenvalue weighted by Crippen LogP contribution is -2.32. The summed E-state index contributed by atoms with van der Waals surface area (Å²) in [6.45, 7) is 0. The van der Waals surface area contributed by atoms with Crippen LogP contribution in [0.3, 0.4) is 0 Å². The van der Waals surface area contributed by atoms with E-state index in [4.69, 9.17) is 10.9 Å². The maximum Gasteiger partial charge on any atom is 0.239 e. The quantitative estimate of drug-likeness (QED) is 0.331. The molecule has 0 saturated carbocycles. The summed E-state index contributed by atoms with van der Waals surface area (Å²) < 4.78 is 0. The second-order valence-electron chi connectivity index (χ2n) is 3.98. The number of anilines is 1. The zero-order valence-electron chi connectivity index (χ0n) is 10.5. The van der Waals surface area contributed by atoms with Gasteiger partial charge in [-0.3, -0.25) is 4.79 Å². The van der Waals surface area contributed by atoms with E-state index in [2.05, 4.69) is 20.4 Å². The Labute approximate surface area is 115 Å². The first-order chi connectivity index (χ1) is 9.72. The van der Waals surface area contributed by atoms with E-state index in [-0.39, 0.29) is 5.84 Å². The fourth-order valence-corrected chi connectivity index (χ4v) is 1.74. The number of rotatable bonds is 4. The first kappa shape index (κ1) is 13.5. The molecule has 7 nitrogen and oxygen atoms in total. The number of nitrogens with two attached hydrogens (primary N) is 1. The average molecular weight is 271 g/mol. The van der Waals surface area contributed by atoms with Crippen molar-refractivity contribution in [1.29, 1.82) is 0 Å². The maximum atomic E-state index is 12.3. The fourth-order valence-electron chi connectivity index (χ4n) is 1.74. The van der Waals surface area contributed by atoms with Crippen LogP contribution >= 0.6 is 0 Å². The van der Waals surface area contributed by atoms with Gasteiger partial charge in [-0.1, -0.05) is 35.5 Å². The van der Waals surface area contributed by atoms with Crippen LogP contribution in [-0.2, 0) is 4.79 Å². The van der Waals surface area contributed by atoms with Crippen LogP contribution in [0.15, 0.2) is 54.2 Å². The Morgan fingerprint density at radius 3 is 2.50 bits per heavy atom. The van der Waals surface area contributed by atoms with Gasteiger partial charge in [0.05, 0.1) is 18.1 Å². The molecule has 0 bridgehead atoms. The third-order valence-corrected chi connectivity index (χ3v) is 2.63. The van der Waals surface area contributed by atoms with Gasteiger partial charge in [-0.15, -0.1) is 0 Å². The van der Waals surface area contributed by atoms with Crippen molar-refractivity contribution < 1.29 is 10.0 Å². The van der Waals surface area contributed by atoms with E-state index in [9.17, 15) is 4.79 Å². The number of oxime groups is 1. The molecule has 1 amide bonds. The van der Waals surface area contributed by atoms with Gasteiger partial charge in [-0.05, 0) is 5.56 Å². The van der Waals surface area contributed by atoms with Crippen LogP contribution in [-0.4, -0.2) is 26.9 Å². The highest BCUT2D eigenvalue weighted by molar-refractivity contribution is 6.12. The molecule has 0 aliphatic carbocycles. The zero-order valence-corrected chi connectivity index (χ0v) is 10.5. The van der Waals surface area contributed by atoms with Crippen LogP contribution in [0.1, 0.15) is 11.5 Å². The molecule has 102 valence electrons. The molecule has 1 unspecified atom stereocenters. The molecule has 4 N–H and O–H groups in total. The smallest absolute Gasteiger partial charge is 0.239 e. The molecule has 1 heterocycles. The molecule has 1 aromatic carbocycles. The molecule has 0 aliphatic heterocycles. The molecular weight excluding hydrogens is 258 g/mol. The lowest BCUT2D eigenvalue weighted by Gasteiger charge is -2.15. The van der Waals surface area contributed by atoms with Crippen molar-refractivity contribution in [3.05, 3.63) is 54.6 Å². The Bertz CT molecular complexity index is 601. The first-order valence-corrected chi connectivity index (χ1v) is 5.80. The van der Waals surface area contributed by atoms with Gasteiger partial charge in [-0.2, -0.15) is 0 Å². The van der Waals surface area contributed by atoms with E-state index in [1.165, 1.54) is 18.7 Å². The number of nitrogens with one attached hydrogen (secondary N) is 1. The predicted molar refractivity (Wildman–Crippen MR) is 73.3 cm³/mol. The summed E-state index contributed by atoms with van der Waals surface area (Å²) in [6.07, 6.45) is 4.27. The zero-order chi connectivity index (χ0) is 14.4. The minimum absolute atomic E-state index is 0.189. The normalized spacial score (nSPS) is 12.7. The second-order valence-corrected chi connectivity index (χ2v) is 3.98. The van der Waals surface area contributed by atoms with Crippen LogP contribution in [0.25, 0.3) is 0 Å². The maximum absolute atomic E-state index is 12.3. The molecule has 2 aromatic rings. The number of amidine groups is 1. The lowest BCUT2D eigenvalue weighted by molar-refractivity contribution is -0.116. The summed E-state index contributed by atoms with van der Waals surface area (Å²) in [5.41, 5.74) is 6.67. The Morgan fingerprint density at radius 2 is 1.90 bits per heavy atom. The minimum atomic E-state index is -0.888. The molecular formula is C13H13N5O2. The van der Waals surface area contributed by atoms with Gasteiger partial charge in [0.25, 0.3) is 0 Å². The van der Waals surface area contributed by atoms with Crippen LogP contribution in [0.5, 0.6) is 0 Å². The van der Waals surface area contributed by atoms with Crippen molar-refractivity contribution in [3.63, 3.8) is 0 Å². The first-order valence-electron chi connectivity index (χ1n) is 5.80. The van der Waals surface area contributed by atoms with Crippen molar-refractivity contribution in [3.8, 4) is 0 Å². The standard InChI is InChI=1S/C13H13N5O2/c14-12(18-20)11(9-4-2-1-3-5-9)13(19)17-10-6-15-8-16-7-10/h1-8,11,20H,(H2,14,18)(H,17,19). The van der Waals surface area contributed by atoms with Crippen molar-refractivity contribution in [2.45, 2.75) is 5.92 Å². The van der Waals surface area contributed by atoms with Gasteiger partial charge in [0, 0.05) is 0 Å². The Balaban J connectivity index is 2.26. The van der Waals surface area contributed by atoms with Crippen molar-refractivity contribution in [2.24, 2.45) is 10.9 Å². The van der Waals surface area contributed by atoms with Gasteiger partial charge in [0.2, 0.25) is 5.91 Å². The van der Waals surface area contributed by atoms with E-state index < -0.39 is 11.8 Å². The van der Waals surface area contributed by atoms with Gasteiger partial charge < -0.3 is 16.3 Å². The lowest BCUT2D eigenvalue weighted by atomic mass is 9.97. The summed E-state index contributed by atoms with van der Waals surface area (Å²) in [4.78, 5) is 19.9. The van der Waals surface area contributed by atoms with E-state index in [0.717, 1.165) is 0 Å². The largest absolute Gasteiger partial charge is 0.409 e. The average Bonchev–Trinajstić information content (AvgIpc) is 2.49. The monoisotopic (exact) mass is 271 g/mol. The topological polar surface area (TPSA) is 113 Å². The Morgan fingerprint density at radius 1 is 1.25 bits per heavy atom. The summed E-state index contributed by atoms with van der Waals surface area (Å²) in [5, 5.41) is 14.4. The Hall–Kier alpha value is -2.96. The van der Waals surface area contributed by atoms with Crippen LogP contribution < -0.4 is 11.1 Å². The van der Waals surface area contributed by atoms with Crippen molar-refractivity contribution in [1.82, 2.24) is 9.97 Å². The number of hydrogen-bond acceptors (Lipinski definition) is 5. The third kappa shape index (κ3) is 3.08. The van der Waals surface area contributed by atoms with Crippen LogP contribution in [0, 0.1) is 0 Å². The highest BCUT2D eigenvalue weighted by Gasteiger charge is 2.25. The van der Waals surface area contributed by atoms with E-state index in [1.807, 2.05) is 6.07 Å². The van der Waals surface area contributed by atoms with Crippen LogP contribution in [0.4, 0.5) is 5.69 Å². The summed E-state index contributed by atoms with van der Waals surface area (Å²) in [7, 11) is 0. The minimum Gasteiger partial charge on any atom is -0.409 e. The second kappa shape index (κ2) is 6.28. The highest BCUT2D eigenvalue weighted by Crippen LogP contribution is 2.18. The molecule has 2 rings (SSSR count). The number of hydrogen-bond donors (Lipinski definition) is 3. The molecule has 7 heteroatoms. The number of amides is 1. The van der Waals surface area contributed by atoms with Gasteiger partial charge in [-0.25, -0.2) is 9.97 Å². The predicted octanol–water partition coefficient (Wildman–Crippen LogP) is 0.945. The van der Waals surface area contributed by atoms with Gasteiger partial charge in [0.1, 0.15) is 12.2 Å². The highest BCUT2D eigenvalue weighted by atomic mass is 16.4. The fraction of sp³-hybridized carbons (Fsp3) is 0.0769. The molecule has 0 fully saturated rings. The summed E-state index contributed by atoms with van der Waals surface area (Å²) >= 11 is 0. The molecule has 0 spiro atoms. The molecule has 0 radical (unpaired) electrons. The summed E-state index contributed by atoms with van der Waals surface area (Å²) in [5.74, 6) is -1.51. The molecule has 1 atom stereocenters. The Kier molecular flexibility index (Phi) is 4.23. The number of benzene rings is 1. The van der Waals surface area contributed by atoms with Crippen molar-refractivity contribution in [2.75, 3.05) is 5.32 Å². The summed E-state index contributed by atoms with van der Waals surface area (Å²) in [6, 6.07) is 8.81. The van der Waals surface area contributed by atoms with Crippen LogP contribution in [0.2, 0.25) is 0 Å². The molecule has 0 aliphatic rings. The molecule has 20 heavy (non-hydrogen) atoms. The third-order valence-electron chi connectivity index (χ3n) is 2.63. The number of nitrogens with zero attached hydrogens (tertiary/aromatic N) is 3. The van der Waals surface area contributed by atoms with E-state index in [0.29, 0.717) is 11.3 Å². The SMILES string of the molecule is N/C(=N/O)C(C(=O)Nc1cncnc1)c1ccccc1. The van der Waals surface area contributed by atoms with Gasteiger partial charge in [0.15, 0.2) is 5.84 Å². The number of aromatic nitrogens is 2. The van der Waals surface area contributed by atoms with E-state index >= 15 is 0 Å². The number of carbonyl (C=O) groups excluding carboxylic acids is 1. The molecule has 1 aromatic heterocycles. The molecule has 0 saturated heterocycles. The van der Waals surface area contributed by atoms with E-state index in [1.54, 1.807) is 24.3 Å². The van der Waals surface area contributed by atoms with Crippen molar-refractivity contribution >= 4 is 17.4 Å². The van der Waals surface area contributed by atoms with Gasteiger partial charge >= 0.3 is 0 Å². The number of carbonyl (C=O) groups is 1.